The number of nitrogens with one attached hydrogen (secondary N) is 1. The van der Waals surface area contributed by atoms with E-state index in [0.29, 0.717) is 19.3 Å². The summed E-state index contributed by atoms with van der Waals surface area (Å²) in [4.78, 5) is 11.6. The van der Waals surface area contributed by atoms with Crippen LogP contribution in [0.4, 0.5) is 0 Å². The molecule has 2 aliphatic heterocycles. The number of carbonyl (C=O) groups is 1. The summed E-state index contributed by atoms with van der Waals surface area (Å²) >= 11 is 0. The van der Waals surface area contributed by atoms with Gasteiger partial charge in [-0.05, 0) is 42.4 Å². The molecule has 0 radical (unpaired) electrons. The number of amides is 1. The highest BCUT2D eigenvalue weighted by atomic mass is 16.7. The third-order valence-electron chi connectivity index (χ3n) is 4.57. The molecule has 20 heavy (non-hydrogen) atoms. The maximum absolute atomic E-state index is 11.6. The van der Waals surface area contributed by atoms with Gasteiger partial charge in [0.15, 0.2) is 11.5 Å². The van der Waals surface area contributed by atoms with Crippen molar-refractivity contribution in [1.29, 1.82) is 0 Å². The Morgan fingerprint density at radius 3 is 2.95 bits per heavy atom. The highest BCUT2D eigenvalue weighted by molar-refractivity contribution is 5.79. The van der Waals surface area contributed by atoms with Gasteiger partial charge in [-0.25, -0.2) is 0 Å². The van der Waals surface area contributed by atoms with Crippen molar-refractivity contribution < 1.29 is 14.3 Å². The molecule has 1 fully saturated rings. The Hall–Kier alpha value is -1.71. The fraction of sp³-hybridized carbons (Fsp3) is 0.562. The van der Waals surface area contributed by atoms with Crippen molar-refractivity contribution in [2.75, 3.05) is 6.79 Å². The summed E-state index contributed by atoms with van der Waals surface area (Å²) in [6.45, 7) is 4.66. The Bertz CT molecular complexity index is 528. The number of rotatable bonds is 4. The SMILES string of the molecule is CCC1NC(=O)CC1(C)CCc1ccc2c(c1)OCO2. The number of aryl methyl sites for hydroxylation is 1. The summed E-state index contributed by atoms with van der Waals surface area (Å²) in [5.74, 6) is 1.84. The van der Waals surface area contributed by atoms with Crippen LogP contribution in [-0.2, 0) is 11.2 Å². The number of hydrogen-bond donors (Lipinski definition) is 1. The molecule has 0 aliphatic carbocycles. The summed E-state index contributed by atoms with van der Waals surface area (Å²) in [5.41, 5.74) is 1.30. The van der Waals surface area contributed by atoms with E-state index in [9.17, 15) is 4.79 Å². The van der Waals surface area contributed by atoms with Crippen LogP contribution in [0.2, 0.25) is 0 Å². The number of ether oxygens (including phenoxy) is 2. The van der Waals surface area contributed by atoms with Crippen molar-refractivity contribution >= 4 is 5.91 Å². The fourth-order valence-corrected chi connectivity index (χ4v) is 3.29. The van der Waals surface area contributed by atoms with E-state index in [1.54, 1.807) is 0 Å². The number of carbonyl (C=O) groups excluding carboxylic acids is 1. The van der Waals surface area contributed by atoms with E-state index in [2.05, 4.69) is 31.3 Å². The minimum absolute atomic E-state index is 0.0577. The Balaban J connectivity index is 1.68. The van der Waals surface area contributed by atoms with E-state index in [0.717, 1.165) is 30.8 Å². The van der Waals surface area contributed by atoms with Gasteiger partial charge in [-0.2, -0.15) is 0 Å². The zero-order chi connectivity index (χ0) is 14.2. The van der Waals surface area contributed by atoms with Crippen LogP contribution < -0.4 is 14.8 Å². The van der Waals surface area contributed by atoms with Gasteiger partial charge in [-0.1, -0.05) is 19.9 Å². The van der Waals surface area contributed by atoms with Gasteiger partial charge in [-0.3, -0.25) is 4.79 Å². The molecule has 1 aromatic carbocycles. The second kappa shape index (κ2) is 5.00. The van der Waals surface area contributed by atoms with Gasteiger partial charge in [0.05, 0.1) is 0 Å². The van der Waals surface area contributed by atoms with Crippen molar-refractivity contribution in [3.63, 3.8) is 0 Å². The molecular weight excluding hydrogens is 254 g/mol. The summed E-state index contributed by atoms with van der Waals surface area (Å²) in [6, 6.07) is 6.40. The summed E-state index contributed by atoms with van der Waals surface area (Å²) in [6.07, 6.45) is 3.59. The highest BCUT2D eigenvalue weighted by Gasteiger charge is 2.41. The Kier molecular flexibility index (Phi) is 3.32. The predicted octanol–water partition coefficient (Wildman–Crippen LogP) is 2.65. The molecule has 2 atom stereocenters. The predicted molar refractivity (Wildman–Crippen MR) is 75.8 cm³/mol. The first-order chi connectivity index (χ1) is 9.60. The van der Waals surface area contributed by atoms with Gasteiger partial charge >= 0.3 is 0 Å². The molecule has 1 saturated heterocycles. The van der Waals surface area contributed by atoms with Crippen LogP contribution in [0.3, 0.4) is 0 Å². The molecule has 3 rings (SSSR count). The fourth-order valence-electron chi connectivity index (χ4n) is 3.29. The number of benzene rings is 1. The number of fused-ring (bicyclic) bond motifs is 1. The average molecular weight is 275 g/mol. The molecule has 2 aliphatic rings. The monoisotopic (exact) mass is 275 g/mol. The minimum atomic E-state index is 0.0577. The second-order valence-corrected chi connectivity index (χ2v) is 6.05. The van der Waals surface area contributed by atoms with Crippen molar-refractivity contribution in [2.24, 2.45) is 5.41 Å². The first-order valence-electron chi connectivity index (χ1n) is 7.28. The van der Waals surface area contributed by atoms with Gasteiger partial charge < -0.3 is 14.8 Å². The third-order valence-corrected chi connectivity index (χ3v) is 4.57. The van der Waals surface area contributed by atoms with Crippen LogP contribution in [0.5, 0.6) is 11.5 Å². The van der Waals surface area contributed by atoms with Crippen LogP contribution >= 0.6 is 0 Å². The molecule has 2 heterocycles. The van der Waals surface area contributed by atoms with Crippen LogP contribution in [-0.4, -0.2) is 18.7 Å². The zero-order valence-corrected chi connectivity index (χ0v) is 12.1. The van der Waals surface area contributed by atoms with Crippen LogP contribution in [0.25, 0.3) is 0 Å². The Morgan fingerprint density at radius 2 is 2.15 bits per heavy atom. The van der Waals surface area contributed by atoms with E-state index in [4.69, 9.17) is 9.47 Å². The first-order valence-corrected chi connectivity index (χ1v) is 7.28. The van der Waals surface area contributed by atoms with Crippen molar-refractivity contribution in [2.45, 2.75) is 45.6 Å². The molecule has 1 N–H and O–H groups in total. The summed E-state index contributed by atoms with van der Waals surface area (Å²) in [5, 5.41) is 3.09. The van der Waals surface area contributed by atoms with E-state index in [-0.39, 0.29) is 11.3 Å². The molecule has 0 saturated carbocycles. The van der Waals surface area contributed by atoms with Crippen molar-refractivity contribution in [1.82, 2.24) is 5.32 Å². The van der Waals surface area contributed by atoms with E-state index < -0.39 is 0 Å². The average Bonchev–Trinajstić information content (AvgIpc) is 3.00. The van der Waals surface area contributed by atoms with E-state index >= 15 is 0 Å². The van der Waals surface area contributed by atoms with Gasteiger partial charge in [0, 0.05) is 12.5 Å². The van der Waals surface area contributed by atoms with Gasteiger partial charge in [0.2, 0.25) is 12.7 Å². The summed E-state index contributed by atoms with van der Waals surface area (Å²) < 4.78 is 10.7. The Labute approximate surface area is 119 Å². The first kappa shape index (κ1) is 13.3. The lowest BCUT2D eigenvalue weighted by Gasteiger charge is -2.29. The molecule has 1 aromatic rings. The Morgan fingerprint density at radius 1 is 1.35 bits per heavy atom. The largest absolute Gasteiger partial charge is 0.454 e. The molecule has 108 valence electrons. The van der Waals surface area contributed by atoms with Gasteiger partial charge in [0.25, 0.3) is 0 Å². The van der Waals surface area contributed by atoms with E-state index in [1.165, 1.54) is 5.56 Å². The molecule has 2 unspecified atom stereocenters. The summed E-state index contributed by atoms with van der Waals surface area (Å²) in [7, 11) is 0. The van der Waals surface area contributed by atoms with Crippen molar-refractivity contribution in [3.05, 3.63) is 23.8 Å². The second-order valence-electron chi connectivity index (χ2n) is 6.05. The topological polar surface area (TPSA) is 47.6 Å². The molecule has 1 amide bonds. The molecule has 0 bridgehead atoms. The molecule has 4 heteroatoms. The third kappa shape index (κ3) is 2.35. The number of hydrogen-bond acceptors (Lipinski definition) is 3. The molecule has 0 spiro atoms. The highest BCUT2D eigenvalue weighted by Crippen LogP contribution is 2.39. The minimum Gasteiger partial charge on any atom is -0.454 e. The van der Waals surface area contributed by atoms with Crippen LogP contribution in [0, 0.1) is 5.41 Å². The lowest BCUT2D eigenvalue weighted by Crippen LogP contribution is -2.34. The maximum Gasteiger partial charge on any atom is 0.231 e. The molecular formula is C16H21NO3. The van der Waals surface area contributed by atoms with Gasteiger partial charge in [-0.15, -0.1) is 0 Å². The standard InChI is InChI=1S/C16H21NO3/c1-3-14-16(2,9-15(18)17-14)7-6-11-4-5-12-13(8-11)20-10-19-12/h4-5,8,14H,3,6-7,9-10H2,1-2H3,(H,17,18). The normalized spacial score (nSPS) is 27.7. The lowest BCUT2D eigenvalue weighted by atomic mass is 9.76. The molecule has 0 aromatic heterocycles. The van der Waals surface area contributed by atoms with Crippen LogP contribution in [0.1, 0.15) is 38.7 Å². The van der Waals surface area contributed by atoms with Crippen LogP contribution in [0.15, 0.2) is 18.2 Å². The smallest absolute Gasteiger partial charge is 0.231 e. The quantitative estimate of drug-likeness (QED) is 0.919. The van der Waals surface area contributed by atoms with Gasteiger partial charge in [0.1, 0.15) is 0 Å². The van der Waals surface area contributed by atoms with Crippen molar-refractivity contribution in [3.8, 4) is 11.5 Å². The van der Waals surface area contributed by atoms with E-state index in [1.807, 2.05) is 6.07 Å². The zero-order valence-electron chi connectivity index (χ0n) is 12.1. The lowest BCUT2D eigenvalue weighted by molar-refractivity contribution is -0.119. The maximum atomic E-state index is 11.6. The molecule has 4 nitrogen and oxygen atoms in total.